The summed E-state index contributed by atoms with van der Waals surface area (Å²) in [5.74, 6) is 1.61. The van der Waals surface area contributed by atoms with Crippen LogP contribution in [0.25, 0.3) is 0 Å². The quantitative estimate of drug-likeness (QED) is 0.683. The van der Waals surface area contributed by atoms with E-state index in [1.54, 1.807) is 20.4 Å². The van der Waals surface area contributed by atoms with Crippen LogP contribution < -0.4 is 14.8 Å². The van der Waals surface area contributed by atoms with Crippen molar-refractivity contribution in [3.63, 3.8) is 0 Å². The second kappa shape index (κ2) is 8.61. The minimum absolute atomic E-state index is 0.0750. The third-order valence-electron chi connectivity index (χ3n) is 4.84. The van der Waals surface area contributed by atoms with E-state index in [4.69, 9.17) is 9.47 Å². The Labute approximate surface area is 165 Å². The SMILES string of the molecule is COc1ccc([C@@H](NC(=O)[C@H](C)c2ccccc2)c2nccn2C)cc1OC. The molecule has 1 N–H and O–H groups in total. The van der Waals surface area contributed by atoms with Crippen molar-refractivity contribution < 1.29 is 14.3 Å². The maximum Gasteiger partial charge on any atom is 0.228 e. The number of rotatable bonds is 7. The lowest BCUT2D eigenvalue weighted by atomic mass is 9.98. The molecule has 0 bridgehead atoms. The number of nitrogens with one attached hydrogen (secondary N) is 1. The number of aromatic nitrogens is 2. The van der Waals surface area contributed by atoms with E-state index >= 15 is 0 Å². The van der Waals surface area contributed by atoms with E-state index in [9.17, 15) is 4.79 Å². The van der Waals surface area contributed by atoms with E-state index in [0.717, 1.165) is 17.0 Å². The average Bonchev–Trinajstić information content (AvgIpc) is 3.16. The number of carbonyl (C=O) groups excluding carboxylic acids is 1. The molecule has 6 heteroatoms. The standard InChI is InChI=1S/C22H25N3O3/c1-15(16-8-6-5-7-9-16)22(26)24-20(21-23-12-13-25(21)2)17-10-11-18(27-3)19(14-17)28-4/h5-15,20H,1-4H3,(H,24,26)/t15-,20-/m1/s1. The van der Waals surface area contributed by atoms with Crippen molar-refractivity contribution in [3.05, 3.63) is 77.9 Å². The first-order valence-corrected chi connectivity index (χ1v) is 9.09. The maximum absolute atomic E-state index is 13.0. The Kier molecular flexibility index (Phi) is 5.99. The highest BCUT2D eigenvalue weighted by molar-refractivity contribution is 5.83. The zero-order chi connectivity index (χ0) is 20.1. The molecule has 0 spiro atoms. The monoisotopic (exact) mass is 379 g/mol. The molecule has 0 aliphatic heterocycles. The van der Waals surface area contributed by atoms with Gasteiger partial charge in [0.1, 0.15) is 11.9 Å². The molecule has 0 saturated carbocycles. The number of methoxy groups -OCH3 is 2. The predicted molar refractivity (Wildman–Crippen MR) is 108 cm³/mol. The minimum atomic E-state index is -0.418. The Hall–Kier alpha value is -3.28. The first kappa shape index (κ1) is 19.5. The number of hydrogen-bond donors (Lipinski definition) is 1. The fourth-order valence-electron chi connectivity index (χ4n) is 3.14. The van der Waals surface area contributed by atoms with Gasteiger partial charge in [0, 0.05) is 19.4 Å². The molecular formula is C22H25N3O3. The molecule has 0 saturated heterocycles. The number of amides is 1. The van der Waals surface area contributed by atoms with Crippen molar-refractivity contribution in [2.45, 2.75) is 18.9 Å². The lowest BCUT2D eigenvalue weighted by molar-refractivity contribution is -0.122. The number of benzene rings is 2. The highest BCUT2D eigenvalue weighted by Gasteiger charge is 2.25. The van der Waals surface area contributed by atoms with Gasteiger partial charge in [-0.25, -0.2) is 4.98 Å². The highest BCUT2D eigenvalue weighted by Crippen LogP contribution is 2.32. The highest BCUT2D eigenvalue weighted by atomic mass is 16.5. The summed E-state index contributed by atoms with van der Waals surface area (Å²) in [6.07, 6.45) is 3.58. The fraction of sp³-hybridized carbons (Fsp3) is 0.273. The van der Waals surface area contributed by atoms with Gasteiger partial charge in [-0.05, 0) is 30.2 Å². The van der Waals surface area contributed by atoms with Gasteiger partial charge in [-0.2, -0.15) is 0 Å². The summed E-state index contributed by atoms with van der Waals surface area (Å²) in [6.45, 7) is 1.90. The molecule has 0 aliphatic rings. The van der Waals surface area contributed by atoms with Crippen LogP contribution >= 0.6 is 0 Å². The lowest BCUT2D eigenvalue weighted by Gasteiger charge is -2.22. The molecule has 3 aromatic rings. The largest absolute Gasteiger partial charge is 0.493 e. The zero-order valence-corrected chi connectivity index (χ0v) is 16.5. The molecular weight excluding hydrogens is 354 g/mol. The molecule has 0 unspecified atom stereocenters. The van der Waals surface area contributed by atoms with Gasteiger partial charge >= 0.3 is 0 Å². The summed E-state index contributed by atoms with van der Waals surface area (Å²) in [5.41, 5.74) is 1.83. The third-order valence-corrected chi connectivity index (χ3v) is 4.84. The number of hydrogen-bond acceptors (Lipinski definition) is 4. The predicted octanol–water partition coefficient (Wildman–Crippen LogP) is 3.45. The van der Waals surface area contributed by atoms with Gasteiger partial charge in [-0.15, -0.1) is 0 Å². The van der Waals surface area contributed by atoms with Crippen molar-refractivity contribution >= 4 is 5.91 Å². The van der Waals surface area contributed by atoms with E-state index in [0.29, 0.717) is 11.5 Å². The van der Waals surface area contributed by atoms with E-state index < -0.39 is 6.04 Å². The second-order valence-electron chi connectivity index (χ2n) is 6.58. The number of ether oxygens (including phenoxy) is 2. The molecule has 2 aromatic carbocycles. The summed E-state index contributed by atoms with van der Waals surface area (Å²) in [4.78, 5) is 17.5. The molecule has 28 heavy (non-hydrogen) atoms. The second-order valence-corrected chi connectivity index (χ2v) is 6.58. The summed E-state index contributed by atoms with van der Waals surface area (Å²) in [7, 11) is 5.09. The van der Waals surface area contributed by atoms with Crippen molar-refractivity contribution in [1.82, 2.24) is 14.9 Å². The summed E-state index contributed by atoms with van der Waals surface area (Å²) >= 11 is 0. The van der Waals surface area contributed by atoms with Crippen LogP contribution in [0.3, 0.4) is 0 Å². The Morgan fingerprint density at radius 1 is 1.04 bits per heavy atom. The maximum atomic E-state index is 13.0. The molecule has 0 fully saturated rings. The number of imidazole rings is 1. The van der Waals surface area contributed by atoms with Crippen LogP contribution in [0.1, 0.15) is 35.8 Å². The van der Waals surface area contributed by atoms with Crippen LogP contribution in [-0.2, 0) is 11.8 Å². The third kappa shape index (κ3) is 4.01. The summed E-state index contributed by atoms with van der Waals surface area (Å²) in [5, 5.41) is 3.14. The molecule has 1 amide bonds. The van der Waals surface area contributed by atoms with Gasteiger partial charge in [0.05, 0.1) is 20.1 Å². The van der Waals surface area contributed by atoms with E-state index in [2.05, 4.69) is 10.3 Å². The number of nitrogens with zero attached hydrogens (tertiary/aromatic N) is 2. The van der Waals surface area contributed by atoms with Crippen molar-refractivity contribution in [1.29, 1.82) is 0 Å². The Balaban J connectivity index is 1.95. The molecule has 3 rings (SSSR count). The Morgan fingerprint density at radius 3 is 2.36 bits per heavy atom. The molecule has 6 nitrogen and oxygen atoms in total. The van der Waals surface area contributed by atoms with Gasteiger partial charge in [0.25, 0.3) is 0 Å². The first-order chi connectivity index (χ1) is 13.5. The van der Waals surface area contributed by atoms with Crippen LogP contribution in [0.15, 0.2) is 60.9 Å². The van der Waals surface area contributed by atoms with Crippen molar-refractivity contribution in [2.75, 3.05) is 14.2 Å². The molecule has 1 heterocycles. The van der Waals surface area contributed by atoms with Crippen molar-refractivity contribution in [3.8, 4) is 11.5 Å². The zero-order valence-electron chi connectivity index (χ0n) is 16.5. The van der Waals surface area contributed by atoms with Crippen LogP contribution in [0.5, 0.6) is 11.5 Å². The molecule has 1 aromatic heterocycles. The normalized spacial score (nSPS) is 12.9. The van der Waals surface area contributed by atoms with Gasteiger partial charge < -0.3 is 19.4 Å². The van der Waals surface area contributed by atoms with Crippen LogP contribution in [0.2, 0.25) is 0 Å². The van der Waals surface area contributed by atoms with Crippen molar-refractivity contribution in [2.24, 2.45) is 7.05 Å². The Morgan fingerprint density at radius 2 is 1.75 bits per heavy atom. The molecule has 0 radical (unpaired) electrons. The minimum Gasteiger partial charge on any atom is -0.493 e. The molecule has 146 valence electrons. The fourth-order valence-corrected chi connectivity index (χ4v) is 3.14. The first-order valence-electron chi connectivity index (χ1n) is 9.09. The van der Waals surface area contributed by atoms with Crippen LogP contribution in [0.4, 0.5) is 0 Å². The van der Waals surface area contributed by atoms with E-state index in [-0.39, 0.29) is 11.8 Å². The van der Waals surface area contributed by atoms with Gasteiger partial charge in [0.15, 0.2) is 11.5 Å². The van der Waals surface area contributed by atoms with Gasteiger partial charge in [-0.3, -0.25) is 4.79 Å². The number of aryl methyl sites for hydroxylation is 1. The number of carbonyl (C=O) groups is 1. The summed E-state index contributed by atoms with van der Waals surface area (Å²) < 4.78 is 12.7. The Bertz CT molecular complexity index is 937. The topological polar surface area (TPSA) is 65.4 Å². The molecule has 2 atom stereocenters. The van der Waals surface area contributed by atoms with E-state index in [1.165, 1.54) is 0 Å². The molecule has 0 aliphatic carbocycles. The lowest BCUT2D eigenvalue weighted by Crippen LogP contribution is -2.34. The summed E-state index contributed by atoms with van der Waals surface area (Å²) in [6, 6.07) is 14.9. The van der Waals surface area contributed by atoms with E-state index in [1.807, 2.05) is 73.3 Å². The van der Waals surface area contributed by atoms with Crippen LogP contribution in [0, 0.1) is 0 Å². The van der Waals surface area contributed by atoms with Gasteiger partial charge in [-0.1, -0.05) is 36.4 Å². The van der Waals surface area contributed by atoms with Gasteiger partial charge in [0.2, 0.25) is 5.91 Å². The average molecular weight is 379 g/mol. The smallest absolute Gasteiger partial charge is 0.228 e. The van der Waals surface area contributed by atoms with Crippen LogP contribution in [-0.4, -0.2) is 29.7 Å².